The van der Waals surface area contributed by atoms with E-state index in [1.165, 1.54) is 11.1 Å². The van der Waals surface area contributed by atoms with Gasteiger partial charge >= 0.3 is 0 Å². The average molecular weight is 570 g/mol. The number of unbranched alkanes of at least 4 members (excludes halogenated alkanes) is 1. The number of carbonyl (C=O) groups is 1. The van der Waals surface area contributed by atoms with E-state index >= 15 is 0 Å². The van der Waals surface area contributed by atoms with Crippen molar-refractivity contribution >= 4 is 78.3 Å². The molecule has 11 N–H and O–H groups in total. The summed E-state index contributed by atoms with van der Waals surface area (Å²) in [4.78, 5) is 27.9. The van der Waals surface area contributed by atoms with Gasteiger partial charge in [-0.15, -0.1) is 37.2 Å². The second-order valence-corrected chi connectivity index (χ2v) is 7.40. The van der Waals surface area contributed by atoms with Crippen molar-refractivity contribution in [1.82, 2.24) is 15.3 Å². The van der Waals surface area contributed by atoms with Crippen LogP contribution in [0.4, 0.5) is 11.6 Å². The highest BCUT2D eigenvalue weighted by Gasteiger charge is 2.16. The highest BCUT2D eigenvalue weighted by atomic mass is 35.5. The van der Waals surface area contributed by atoms with Crippen LogP contribution in [-0.2, 0) is 12.8 Å². The van der Waals surface area contributed by atoms with E-state index < -0.39 is 5.91 Å². The maximum absolute atomic E-state index is 12.2. The normalized spacial score (nSPS) is 10.3. The first-order chi connectivity index (χ1) is 15.3. The lowest BCUT2D eigenvalue weighted by molar-refractivity contribution is 0.0972. The summed E-state index contributed by atoms with van der Waals surface area (Å²) in [5, 5.41) is 2.30. The molecule has 1 amide bonds. The zero-order chi connectivity index (χ0) is 23.5. The van der Waals surface area contributed by atoms with Crippen LogP contribution < -0.4 is 34.0 Å². The number of halogens is 4. The van der Waals surface area contributed by atoms with E-state index in [1.807, 2.05) is 0 Å². The SMILES string of the molecule is Cl.Cl.Cl.NC(N)=NCCCc1ccc(CCCCN=C(N)NC(=O)c2nc(Cl)c(N)nc2N)cc1. The van der Waals surface area contributed by atoms with Crippen molar-refractivity contribution in [3.05, 3.63) is 46.2 Å². The van der Waals surface area contributed by atoms with E-state index in [0.717, 1.165) is 32.1 Å². The number of amides is 1. The molecule has 0 aliphatic rings. The Hall–Kier alpha value is -2.73. The number of nitrogens with one attached hydrogen (secondary N) is 1. The lowest BCUT2D eigenvalue weighted by Gasteiger charge is -2.07. The molecule has 2 aromatic rings. The standard InChI is InChI=1S/C20H29ClN10O.3ClH/c21-15-17(23)30-16(22)14(29-15)18(32)31-20(26)28-10-2-1-4-12-6-8-13(9-7-12)5-3-11-27-19(24)25;;;/h6-9H,1-5,10-11H2,(H4,22,23,30)(H4,24,25,27)(H3,26,28,31,32);3*1H. The zero-order valence-corrected chi connectivity index (χ0v) is 22.2. The molecular weight excluding hydrogens is 538 g/mol. The Bertz CT molecular complexity index is 983. The predicted octanol–water partition coefficient (Wildman–Crippen LogP) is 1.83. The van der Waals surface area contributed by atoms with Gasteiger partial charge in [0.1, 0.15) is 0 Å². The number of nitrogen functional groups attached to an aromatic ring is 2. The van der Waals surface area contributed by atoms with Crippen LogP contribution in [0.15, 0.2) is 34.3 Å². The molecule has 0 unspecified atom stereocenters. The van der Waals surface area contributed by atoms with Crippen LogP contribution in [0, 0.1) is 0 Å². The number of carbonyl (C=O) groups excluding carboxylic acids is 1. The summed E-state index contributed by atoms with van der Waals surface area (Å²) >= 11 is 5.77. The van der Waals surface area contributed by atoms with Gasteiger partial charge in [-0.2, -0.15) is 0 Å². The third-order valence-electron chi connectivity index (χ3n) is 4.46. The Labute approximate surface area is 228 Å². The van der Waals surface area contributed by atoms with Gasteiger partial charge in [-0.3, -0.25) is 20.1 Å². The third-order valence-corrected chi connectivity index (χ3v) is 4.74. The van der Waals surface area contributed by atoms with Gasteiger partial charge in [-0.25, -0.2) is 9.97 Å². The highest BCUT2D eigenvalue weighted by Crippen LogP contribution is 2.17. The van der Waals surface area contributed by atoms with Crippen molar-refractivity contribution in [3.63, 3.8) is 0 Å². The Balaban J connectivity index is 0. The molecular formula is C20H32Cl4N10O. The van der Waals surface area contributed by atoms with Gasteiger partial charge in [0, 0.05) is 13.1 Å². The number of anilines is 2. The fraction of sp³-hybridized carbons (Fsp3) is 0.350. The van der Waals surface area contributed by atoms with Crippen molar-refractivity contribution < 1.29 is 4.79 Å². The Morgan fingerprint density at radius 2 is 1.37 bits per heavy atom. The van der Waals surface area contributed by atoms with E-state index in [0.29, 0.717) is 13.1 Å². The lowest BCUT2D eigenvalue weighted by Crippen LogP contribution is -2.38. The summed E-state index contributed by atoms with van der Waals surface area (Å²) in [5.41, 5.74) is 29.9. The number of hydrogen-bond donors (Lipinski definition) is 6. The molecule has 0 saturated heterocycles. The van der Waals surface area contributed by atoms with E-state index in [-0.39, 0.29) is 71.6 Å². The van der Waals surface area contributed by atoms with Crippen molar-refractivity contribution in [2.24, 2.45) is 27.2 Å². The number of benzene rings is 1. The van der Waals surface area contributed by atoms with Crippen LogP contribution in [0.1, 0.15) is 40.9 Å². The van der Waals surface area contributed by atoms with Gasteiger partial charge in [0.05, 0.1) is 0 Å². The molecule has 0 saturated carbocycles. The fourth-order valence-corrected chi connectivity index (χ4v) is 2.95. The van der Waals surface area contributed by atoms with Crippen molar-refractivity contribution in [2.45, 2.75) is 32.1 Å². The van der Waals surface area contributed by atoms with Gasteiger partial charge < -0.3 is 28.7 Å². The van der Waals surface area contributed by atoms with Crippen LogP contribution >= 0.6 is 48.8 Å². The molecule has 11 nitrogen and oxygen atoms in total. The van der Waals surface area contributed by atoms with Gasteiger partial charge in [0.25, 0.3) is 5.91 Å². The van der Waals surface area contributed by atoms with Gasteiger partial charge in [-0.1, -0.05) is 35.9 Å². The summed E-state index contributed by atoms with van der Waals surface area (Å²) in [6, 6.07) is 8.48. The third kappa shape index (κ3) is 12.5. The lowest BCUT2D eigenvalue weighted by atomic mass is 10.0. The molecule has 1 aromatic carbocycles. The van der Waals surface area contributed by atoms with Crippen LogP contribution in [0.3, 0.4) is 0 Å². The first kappa shape index (κ1) is 34.4. The summed E-state index contributed by atoms with van der Waals surface area (Å²) < 4.78 is 0. The van der Waals surface area contributed by atoms with Gasteiger partial charge in [0.2, 0.25) is 0 Å². The summed E-state index contributed by atoms with van der Waals surface area (Å²) in [7, 11) is 0. The second kappa shape index (κ2) is 17.7. The van der Waals surface area contributed by atoms with Crippen molar-refractivity contribution in [1.29, 1.82) is 0 Å². The summed E-state index contributed by atoms with van der Waals surface area (Å²) in [6.07, 6.45) is 4.49. The molecule has 1 aromatic heterocycles. The number of guanidine groups is 2. The molecule has 0 atom stereocenters. The summed E-state index contributed by atoms with van der Waals surface area (Å²) in [6.45, 7) is 1.10. The number of rotatable bonds is 10. The van der Waals surface area contributed by atoms with E-state index in [1.54, 1.807) is 0 Å². The first-order valence-corrected chi connectivity index (χ1v) is 10.5. The maximum Gasteiger partial charge on any atom is 0.280 e. The number of aliphatic imine (C=N–C) groups is 2. The van der Waals surface area contributed by atoms with Crippen LogP contribution in [0.2, 0.25) is 5.15 Å². The van der Waals surface area contributed by atoms with Gasteiger partial charge in [0.15, 0.2) is 34.4 Å². The molecule has 0 radical (unpaired) electrons. The van der Waals surface area contributed by atoms with Gasteiger partial charge in [-0.05, 0) is 43.2 Å². The smallest absolute Gasteiger partial charge is 0.280 e. The van der Waals surface area contributed by atoms with Crippen LogP contribution in [-0.4, -0.2) is 40.9 Å². The fourth-order valence-electron chi connectivity index (χ4n) is 2.83. The molecule has 1 heterocycles. The molecule has 196 valence electrons. The highest BCUT2D eigenvalue weighted by molar-refractivity contribution is 6.31. The molecule has 2 rings (SSSR count). The molecule has 0 aliphatic heterocycles. The topological polar surface area (TPSA) is 210 Å². The Morgan fingerprint density at radius 1 is 0.829 bits per heavy atom. The average Bonchev–Trinajstić information content (AvgIpc) is 2.74. The molecule has 0 bridgehead atoms. The number of aromatic nitrogens is 2. The van der Waals surface area contributed by atoms with Crippen molar-refractivity contribution in [2.75, 3.05) is 24.6 Å². The van der Waals surface area contributed by atoms with Crippen molar-refractivity contribution in [3.8, 4) is 0 Å². The number of hydrogen-bond acceptors (Lipinski definition) is 7. The minimum absolute atomic E-state index is 0. The molecule has 35 heavy (non-hydrogen) atoms. The van der Waals surface area contributed by atoms with E-state index in [4.69, 9.17) is 40.3 Å². The van der Waals surface area contributed by atoms with E-state index in [9.17, 15) is 4.79 Å². The quantitative estimate of drug-likeness (QED) is 0.141. The Morgan fingerprint density at radius 3 is 1.94 bits per heavy atom. The molecule has 0 spiro atoms. The molecule has 15 heteroatoms. The second-order valence-electron chi connectivity index (χ2n) is 7.04. The number of aryl methyl sites for hydroxylation is 2. The molecule has 0 fully saturated rings. The van der Waals surface area contributed by atoms with Crippen LogP contribution in [0.25, 0.3) is 0 Å². The monoisotopic (exact) mass is 568 g/mol. The maximum atomic E-state index is 12.2. The minimum Gasteiger partial charge on any atom is -0.382 e. The van der Waals surface area contributed by atoms with E-state index in [2.05, 4.69) is 49.5 Å². The number of nitrogens with zero attached hydrogens (tertiary/aromatic N) is 4. The molecule has 0 aliphatic carbocycles. The van der Waals surface area contributed by atoms with Crippen LogP contribution in [0.5, 0.6) is 0 Å². The minimum atomic E-state index is -0.656. The largest absolute Gasteiger partial charge is 0.382 e. The Kier molecular flexibility index (Phi) is 17.4. The first-order valence-electron chi connectivity index (χ1n) is 10.1. The summed E-state index contributed by atoms with van der Waals surface area (Å²) in [5.74, 6) is -0.762. The predicted molar refractivity (Wildman–Crippen MR) is 150 cm³/mol. The number of nitrogens with two attached hydrogens (primary N) is 5. The zero-order valence-electron chi connectivity index (χ0n) is 18.9.